The van der Waals surface area contributed by atoms with E-state index in [1.54, 1.807) is 0 Å². The lowest BCUT2D eigenvalue weighted by atomic mass is 9.43. The summed E-state index contributed by atoms with van der Waals surface area (Å²) in [7, 11) is 0. The molecule has 0 aromatic rings. The SMILES string of the molecule is CC(C)C(CN)CNC12CC3CC(C)(CC(C)(C3)C1)C2. The van der Waals surface area contributed by atoms with Crippen LogP contribution in [-0.2, 0) is 0 Å². The third-order valence-electron chi connectivity index (χ3n) is 6.61. The average Bonchev–Trinajstić information content (AvgIpc) is 2.23. The molecule has 4 saturated carbocycles. The highest BCUT2D eigenvalue weighted by Gasteiger charge is 2.59. The molecule has 4 bridgehead atoms. The maximum atomic E-state index is 5.96. The predicted octanol–water partition coefficient (Wildman–Crippen LogP) is 3.56. The van der Waals surface area contributed by atoms with Gasteiger partial charge in [0.1, 0.15) is 0 Å². The molecule has 0 spiro atoms. The molecule has 0 aromatic heterocycles. The first kappa shape index (κ1) is 14.8. The normalized spacial score (nSPS) is 48.0. The van der Waals surface area contributed by atoms with Crippen LogP contribution in [0, 0.1) is 28.6 Å². The quantitative estimate of drug-likeness (QED) is 0.807. The molecule has 2 nitrogen and oxygen atoms in total. The first-order valence-electron chi connectivity index (χ1n) is 8.72. The van der Waals surface area contributed by atoms with Crippen LogP contribution in [0.25, 0.3) is 0 Å². The Morgan fingerprint density at radius 1 is 1.05 bits per heavy atom. The van der Waals surface area contributed by atoms with Gasteiger partial charge in [-0.25, -0.2) is 0 Å². The fraction of sp³-hybridized carbons (Fsp3) is 1.00. The number of nitrogens with one attached hydrogen (secondary N) is 1. The standard InChI is InChI=1S/C18H34N2/c1-13(2)15(8-19)9-20-18-7-14-5-16(3,11-18)10-17(4,6-14)12-18/h13-15,20H,5-12,19H2,1-4H3. The number of hydrogen-bond acceptors (Lipinski definition) is 2. The molecular formula is C18H34N2. The fourth-order valence-corrected chi connectivity index (χ4v) is 6.58. The van der Waals surface area contributed by atoms with E-state index in [4.69, 9.17) is 5.73 Å². The summed E-state index contributed by atoms with van der Waals surface area (Å²) in [6.07, 6.45) is 8.66. The molecule has 20 heavy (non-hydrogen) atoms. The van der Waals surface area contributed by atoms with Crippen molar-refractivity contribution >= 4 is 0 Å². The van der Waals surface area contributed by atoms with E-state index in [0.29, 0.717) is 28.2 Å². The van der Waals surface area contributed by atoms with Gasteiger partial charge < -0.3 is 11.1 Å². The first-order valence-corrected chi connectivity index (χ1v) is 8.72. The van der Waals surface area contributed by atoms with E-state index in [9.17, 15) is 0 Å². The van der Waals surface area contributed by atoms with Crippen LogP contribution in [0.3, 0.4) is 0 Å². The third-order valence-corrected chi connectivity index (χ3v) is 6.61. The van der Waals surface area contributed by atoms with Gasteiger partial charge in [0, 0.05) is 5.54 Å². The second kappa shape index (κ2) is 4.71. The van der Waals surface area contributed by atoms with Crippen LogP contribution < -0.4 is 11.1 Å². The molecule has 3 unspecified atom stereocenters. The summed E-state index contributed by atoms with van der Waals surface area (Å²) < 4.78 is 0. The van der Waals surface area contributed by atoms with Gasteiger partial charge >= 0.3 is 0 Å². The van der Waals surface area contributed by atoms with Crippen LogP contribution in [0.5, 0.6) is 0 Å². The molecular weight excluding hydrogens is 244 g/mol. The van der Waals surface area contributed by atoms with Crippen LogP contribution in [0.2, 0.25) is 0 Å². The highest BCUT2D eigenvalue weighted by Crippen LogP contribution is 2.66. The van der Waals surface area contributed by atoms with Crippen molar-refractivity contribution in [2.75, 3.05) is 13.1 Å². The maximum Gasteiger partial charge on any atom is 0.0194 e. The van der Waals surface area contributed by atoms with Crippen molar-refractivity contribution in [2.45, 2.75) is 71.8 Å². The Kier molecular flexibility index (Phi) is 3.49. The van der Waals surface area contributed by atoms with Crippen LogP contribution in [0.4, 0.5) is 0 Å². The molecule has 4 aliphatic carbocycles. The second-order valence-electron chi connectivity index (χ2n) is 9.53. The van der Waals surface area contributed by atoms with E-state index in [1.165, 1.54) is 38.5 Å². The summed E-state index contributed by atoms with van der Waals surface area (Å²) in [5.74, 6) is 2.29. The van der Waals surface area contributed by atoms with E-state index >= 15 is 0 Å². The molecule has 3 atom stereocenters. The molecule has 0 aromatic carbocycles. The topological polar surface area (TPSA) is 38.0 Å². The lowest BCUT2D eigenvalue weighted by Crippen LogP contribution is -2.64. The molecule has 0 saturated heterocycles. The van der Waals surface area contributed by atoms with Gasteiger partial charge in [-0.2, -0.15) is 0 Å². The maximum absolute atomic E-state index is 5.96. The molecule has 116 valence electrons. The van der Waals surface area contributed by atoms with E-state index in [-0.39, 0.29) is 0 Å². The zero-order valence-corrected chi connectivity index (χ0v) is 14.0. The highest BCUT2D eigenvalue weighted by atomic mass is 15.0. The van der Waals surface area contributed by atoms with Gasteiger partial charge in [0.2, 0.25) is 0 Å². The Morgan fingerprint density at radius 3 is 2.10 bits per heavy atom. The minimum absolute atomic E-state index is 0.436. The summed E-state index contributed by atoms with van der Waals surface area (Å²) in [6.45, 7) is 11.7. The van der Waals surface area contributed by atoms with E-state index < -0.39 is 0 Å². The molecule has 4 fully saturated rings. The Morgan fingerprint density at radius 2 is 1.65 bits per heavy atom. The monoisotopic (exact) mass is 278 g/mol. The van der Waals surface area contributed by atoms with E-state index in [1.807, 2.05) is 0 Å². The summed E-state index contributed by atoms with van der Waals surface area (Å²) >= 11 is 0. The van der Waals surface area contributed by atoms with Crippen LogP contribution >= 0.6 is 0 Å². The average molecular weight is 278 g/mol. The lowest BCUT2D eigenvalue weighted by molar-refractivity contribution is -0.118. The van der Waals surface area contributed by atoms with Crippen LogP contribution in [-0.4, -0.2) is 18.6 Å². The smallest absolute Gasteiger partial charge is 0.0194 e. The van der Waals surface area contributed by atoms with Crippen LogP contribution in [0.15, 0.2) is 0 Å². The molecule has 0 heterocycles. The van der Waals surface area contributed by atoms with Crippen molar-refractivity contribution in [3.63, 3.8) is 0 Å². The lowest BCUT2D eigenvalue weighted by Gasteiger charge is -2.65. The summed E-state index contributed by atoms with van der Waals surface area (Å²) in [5, 5.41) is 4.03. The highest BCUT2D eigenvalue weighted by molar-refractivity contribution is 5.14. The van der Waals surface area contributed by atoms with Crippen molar-refractivity contribution < 1.29 is 0 Å². The third kappa shape index (κ3) is 2.54. The minimum Gasteiger partial charge on any atom is -0.330 e. The summed E-state index contributed by atoms with van der Waals surface area (Å²) in [4.78, 5) is 0. The van der Waals surface area contributed by atoms with Gasteiger partial charge in [0.15, 0.2) is 0 Å². The summed E-state index contributed by atoms with van der Waals surface area (Å²) in [5.41, 5.74) is 7.62. The van der Waals surface area contributed by atoms with Crippen molar-refractivity contribution in [1.29, 1.82) is 0 Å². The van der Waals surface area contributed by atoms with Gasteiger partial charge in [-0.05, 0) is 80.2 Å². The Bertz CT molecular complexity index is 358. The van der Waals surface area contributed by atoms with Crippen molar-refractivity contribution in [2.24, 2.45) is 34.3 Å². The molecule has 4 rings (SSSR count). The molecule has 0 amide bonds. The molecule has 4 aliphatic rings. The molecule has 3 N–H and O–H groups in total. The Hall–Kier alpha value is -0.0800. The molecule has 0 aliphatic heterocycles. The molecule has 0 radical (unpaired) electrons. The molecule has 2 heteroatoms. The zero-order chi connectivity index (χ0) is 14.6. The number of nitrogens with two attached hydrogens (primary N) is 1. The van der Waals surface area contributed by atoms with E-state index in [0.717, 1.165) is 19.0 Å². The van der Waals surface area contributed by atoms with Gasteiger partial charge in [-0.1, -0.05) is 27.7 Å². The van der Waals surface area contributed by atoms with Crippen molar-refractivity contribution in [3.05, 3.63) is 0 Å². The van der Waals surface area contributed by atoms with Crippen molar-refractivity contribution in [3.8, 4) is 0 Å². The van der Waals surface area contributed by atoms with Gasteiger partial charge in [-0.3, -0.25) is 0 Å². The van der Waals surface area contributed by atoms with Gasteiger partial charge in [0.25, 0.3) is 0 Å². The van der Waals surface area contributed by atoms with Crippen LogP contribution in [0.1, 0.15) is 66.2 Å². The zero-order valence-electron chi connectivity index (χ0n) is 14.0. The largest absolute Gasteiger partial charge is 0.330 e. The Labute approximate surface area is 125 Å². The summed E-state index contributed by atoms with van der Waals surface area (Å²) in [6, 6.07) is 0. The Balaban J connectivity index is 1.72. The number of rotatable bonds is 5. The predicted molar refractivity (Wildman–Crippen MR) is 85.5 cm³/mol. The van der Waals surface area contributed by atoms with Gasteiger partial charge in [0.05, 0.1) is 0 Å². The van der Waals surface area contributed by atoms with E-state index in [2.05, 4.69) is 33.0 Å². The van der Waals surface area contributed by atoms with Crippen molar-refractivity contribution in [1.82, 2.24) is 5.32 Å². The van der Waals surface area contributed by atoms with Gasteiger partial charge in [-0.15, -0.1) is 0 Å². The first-order chi connectivity index (χ1) is 9.27. The minimum atomic E-state index is 0.436. The number of hydrogen-bond donors (Lipinski definition) is 2. The fourth-order valence-electron chi connectivity index (χ4n) is 6.58. The second-order valence-corrected chi connectivity index (χ2v) is 9.53.